The molecule has 138 valence electrons. The van der Waals surface area contributed by atoms with E-state index in [-0.39, 0.29) is 18.0 Å². The van der Waals surface area contributed by atoms with Crippen LogP contribution in [0, 0.1) is 12.7 Å². The highest BCUT2D eigenvalue weighted by Gasteiger charge is 2.32. The highest BCUT2D eigenvalue weighted by molar-refractivity contribution is 5.80. The lowest BCUT2D eigenvalue weighted by Crippen LogP contribution is -2.53. The lowest BCUT2D eigenvalue weighted by Gasteiger charge is -2.37. The summed E-state index contributed by atoms with van der Waals surface area (Å²) in [6.07, 6.45) is 2.46. The van der Waals surface area contributed by atoms with Crippen LogP contribution in [0.15, 0.2) is 23.2 Å². The van der Waals surface area contributed by atoms with Gasteiger partial charge in [0.1, 0.15) is 11.9 Å². The minimum absolute atomic E-state index is 0.0944. The molecule has 2 aliphatic rings. The van der Waals surface area contributed by atoms with Crippen LogP contribution in [0.5, 0.6) is 0 Å². The number of ether oxygens (including phenoxy) is 2. The second kappa shape index (κ2) is 8.63. The van der Waals surface area contributed by atoms with E-state index >= 15 is 0 Å². The summed E-state index contributed by atoms with van der Waals surface area (Å²) < 4.78 is 25.4. The number of rotatable bonds is 4. The Kier molecular flexibility index (Phi) is 6.26. The molecular formula is C19H28FN3O2. The van der Waals surface area contributed by atoms with Crippen molar-refractivity contribution in [2.24, 2.45) is 4.99 Å². The number of nitrogens with zero attached hydrogens (tertiary/aromatic N) is 2. The second-order valence-corrected chi connectivity index (χ2v) is 6.66. The Labute approximate surface area is 149 Å². The summed E-state index contributed by atoms with van der Waals surface area (Å²) in [5.74, 6) is 0.678. The van der Waals surface area contributed by atoms with E-state index in [1.807, 2.05) is 6.07 Å². The van der Waals surface area contributed by atoms with E-state index in [4.69, 9.17) is 14.5 Å². The van der Waals surface area contributed by atoms with Crippen molar-refractivity contribution in [1.29, 1.82) is 0 Å². The maximum absolute atomic E-state index is 13.7. The largest absolute Gasteiger partial charge is 0.375 e. The predicted molar refractivity (Wildman–Crippen MR) is 96.2 cm³/mol. The van der Waals surface area contributed by atoms with Crippen LogP contribution in [0.4, 0.5) is 4.39 Å². The van der Waals surface area contributed by atoms with Gasteiger partial charge < -0.3 is 19.7 Å². The molecule has 25 heavy (non-hydrogen) atoms. The van der Waals surface area contributed by atoms with Gasteiger partial charge in [0.15, 0.2) is 5.96 Å². The van der Waals surface area contributed by atoms with Gasteiger partial charge in [-0.3, -0.25) is 0 Å². The number of morpholine rings is 1. The Bertz CT molecular complexity index is 602. The highest BCUT2D eigenvalue weighted by atomic mass is 19.1. The van der Waals surface area contributed by atoms with Crippen molar-refractivity contribution >= 4 is 5.96 Å². The smallest absolute Gasteiger partial charge is 0.194 e. The van der Waals surface area contributed by atoms with Gasteiger partial charge in [-0.15, -0.1) is 0 Å². The summed E-state index contributed by atoms with van der Waals surface area (Å²) in [5.41, 5.74) is 1.54. The van der Waals surface area contributed by atoms with E-state index in [2.05, 4.69) is 17.1 Å². The molecule has 2 fully saturated rings. The molecule has 0 spiro atoms. The summed E-state index contributed by atoms with van der Waals surface area (Å²) in [6, 6.07) is 5.30. The van der Waals surface area contributed by atoms with Crippen molar-refractivity contribution in [3.63, 3.8) is 0 Å². The van der Waals surface area contributed by atoms with E-state index in [0.29, 0.717) is 18.7 Å². The van der Waals surface area contributed by atoms with Crippen LogP contribution in [0.2, 0.25) is 0 Å². The number of nitrogens with one attached hydrogen (secondary N) is 1. The van der Waals surface area contributed by atoms with Crippen molar-refractivity contribution in [1.82, 2.24) is 10.2 Å². The second-order valence-electron chi connectivity index (χ2n) is 6.66. The van der Waals surface area contributed by atoms with Crippen molar-refractivity contribution in [2.75, 3.05) is 32.8 Å². The van der Waals surface area contributed by atoms with Crippen LogP contribution in [0.25, 0.3) is 0 Å². The third-order valence-corrected chi connectivity index (χ3v) is 4.76. The zero-order valence-corrected chi connectivity index (χ0v) is 15.1. The predicted octanol–water partition coefficient (Wildman–Crippen LogP) is 2.48. The van der Waals surface area contributed by atoms with E-state index in [9.17, 15) is 4.39 Å². The van der Waals surface area contributed by atoms with Gasteiger partial charge in [-0.2, -0.15) is 0 Å². The zero-order chi connectivity index (χ0) is 17.6. The van der Waals surface area contributed by atoms with E-state index in [1.54, 1.807) is 19.1 Å². The molecule has 5 nitrogen and oxygen atoms in total. The third kappa shape index (κ3) is 4.70. The molecule has 6 heteroatoms. The number of guanidine groups is 1. The van der Waals surface area contributed by atoms with Gasteiger partial charge in [-0.05, 0) is 43.9 Å². The van der Waals surface area contributed by atoms with Gasteiger partial charge in [0.25, 0.3) is 0 Å². The lowest BCUT2D eigenvalue weighted by molar-refractivity contribution is -0.0817. The molecule has 0 radical (unpaired) electrons. The van der Waals surface area contributed by atoms with Crippen LogP contribution < -0.4 is 5.32 Å². The molecule has 2 aliphatic heterocycles. The van der Waals surface area contributed by atoms with Crippen molar-refractivity contribution in [3.05, 3.63) is 35.1 Å². The fraction of sp³-hybridized carbons (Fsp3) is 0.632. The molecule has 2 heterocycles. The first-order chi connectivity index (χ1) is 12.2. The number of halogens is 1. The van der Waals surface area contributed by atoms with Gasteiger partial charge >= 0.3 is 0 Å². The van der Waals surface area contributed by atoms with Gasteiger partial charge in [-0.1, -0.05) is 12.1 Å². The van der Waals surface area contributed by atoms with Crippen LogP contribution in [-0.4, -0.2) is 55.9 Å². The molecule has 0 saturated carbocycles. The standard InChI is InChI=1S/C19H28FN3O2/c1-3-21-19(22-12-15-7-6-14(2)16(20)11-15)23-8-10-25-18(13-23)17-5-4-9-24-17/h6-7,11,17-18H,3-5,8-10,12-13H2,1-2H3,(H,21,22). The number of hydrogen-bond donors (Lipinski definition) is 1. The zero-order valence-electron chi connectivity index (χ0n) is 15.1. The van der Waals surface area contributed by atoms with Crippen molar-refractivity contribution < 1.29 is 13.9 Å². The van der Waals surface area contributed by atoms with Crippen molar-refractivity contribution in [2.45, 2.75) is 45.4 Å². The first-order valence-electron chi connectivity index (χ1n) is 9.19. The number of hydrogen-bond acceptors (Lipinski definition) is 3. The molecule has 2 saturated heterocycles. The third-order valence-electron chi connectivity index (χ3n) is 4.76. The fourth-order valence-electron chi connectivity index (χ4n) is 3.32. The van der Waals surface area contributed by atoms with E-state index in [0.717, 1.165) is 50.6 Å². The normalized spacial score (nSPS) is 24.6. The van der Waals surface area contributed by atoms with Gasteiger partial charge in [0.2, 0.25) is 0 Å². The van der Waals surface area contributed by atoms with Crippen LogP contribution in [-0.2, 0) is 16.0 Å². The summed E-state index contributed by atoms with van der Waals surface area (Å²) in [5, 5.41) is 3.35. The molecule has 2 unspecified atom stereocenters. The first-order valence-corrected chi connectivity index (χ1v) is 9.19. The monoisotopic (exact) mass is 349 g/mol. The van der Waals surface area contributed by atoms with Crippen LogP contribution in [0.1, 0.15) is 30.9 Å². The summed E-state index contributed by atoms with van der Waals surface area (Å²) in [7, 11) is 0. The first kappa shape index (κ1) is 18.1. The molecule has 0 amide bonds. The number of benzene rings is 1. The average molecular weight is 349 g/mol. The average Bonchev–Trinajstić information content (AvgIpc) is 3.16. The number of aliphatic imine (C=N–C) groups is 1. The van der Waals surface area contributed by atoms with E-state index < -0.39 is 0 Å². The molecule has 0 aromatic heterocycles. The molecule has 1 N–H and O–H groups in total. The lowest BCUT2D eigenvalue weighted by atomic mass is 10.1. The summed E-state index contributed by atoms with van der Waals surface area (Å²) >= 11 is 0. The minimum Gasteiger partial charge on any atom is -0.375 e. The van der Waals surface area contributed by atoms with Gasteiger partial charge in [-0.25, -0.2) is 9.38 Å². The van der Waals surface area contributed by atoms with Crippen molar-refractivity contribution in [3.8, 4) is 0 Å². The topological polar surface area (TPSA) is 46.1 Å². The van der Waals surface area contributed by atoms with Gasteiger partial charge in [0, 0.05) is 26.2 Å². The molecule has 1 aromatic rings. The molecular weight excluding hydrogens is 321 g/mol. The molecule has 0 bridgehead atoms. The Morgan fingerprint density at radius 2 is 2.16 bits per heavy atom. The maximum atomic E-state index is 13.7. The Morgan fingerprint density at radius 1 is 1.32 bits per heavy atom. The minimum atomic E-state index is -0.178. The quantitative estimate of drug-likeness (QED) is 0.670. The van der Waals surface area contributed by atoms with E-state index in [1.165, 1.54) is 0 Å². The molecule has 3 rings (SSSR count). The highest BCUT2D eigenvalue weighted by Crippen LogP contribution is 2.21. The maximum Gasteiger partial charge on any atom is 0.194 e. The summed E-state index contributed by atoms with van der Waals surface area (Å²) in [6.45, 7) is 8.16. The Balaban J connectivity index is 1.67. The summed E-state index contributed by atoms with van der Waals surface area (Å²) in [4.78, 5) is 6.93. The SMILES string of the molecule is CCNC(=NCc1ccc(C)c(F)c1)N1CCOC(C2CCCO2)C1. The van der Waals surface area contributed by atoms with Crippen LogP contribution >= 0.6 is 0 Å². The Hall–Kier alpha value is -1.66. The Morgan fingerprint density at radius 3 is 2.88 bits per heavy atom. The number of aryl methyl sites for hydroxylation is 1. The van der Waals surface area contributed by atoms with Gasteiger partial charge in [0.05, 0.1) is 19.3 Å². The molecule has 2 atom stereocenters. The van der Waals surface area contributed by atoms with Crippen LogP contribution in [0.3, 0.4) is 0 Å². The molecule has 0 aliphatic carbocycles. The molecule has 1 aromatic carbocycles. The fourth-order valence-corrected chi connectivity index (χ4v) is 3.32.